The monoisotopic (exact) mass is 319 g/mol. The predicted molar refractivity (Wildman–Crippen MR) is 89.2 cm³/mol. The van der Waals surface area contributed by atoms with E-state index in [-0.39, 0.29) is 12.5 Å². The Kier molecular flexibility index (Phi) is 5.92. The van der Waals surface area contributed by atoms with Crippen LogP contribution in [-0.2, 0) is 13.6 Å². The van der Waals surface area contributed by atoms with E-state index in [9.17, 15) is 4.57 Å². The Balaban J connectivity index is 2.55. The third-order valence-electron chi connectivity index (χ3n) is 3.86. The molecule has 0 spiro atoms. The Hall–Kier alpha value is -1.45. The molecule has 0 saturated heterocycles. The van der Waals surface area contributed by atoms with Crippen molar-refractivity contribution in [1.29, 1.82) is 0 Å². The first kappa shape index (κ1) is 16.9. The SMILES string of the molecule is COP(=O)(OC)[C@@H](CN)C(c1ccccc1)c1ccccc1. The van der Waals surface area contributed by atoms with Crippen LogP contribution in [0.4, 0.5) is 0 Å². The van der Waals surface area contributed by atoms with Gasteiger partial charge in [-0.25, -0.2) is 0 Å². The van der Waals surface area contributed by atoms with Gasteiger partial charge in [-0.3, -0.25) is 4.57 Å². The van der Waals surface area contributed by atoms with Crippen molar-refractivity contribution in [2.75, 3.05) is 20.8 Å². The van der Waals surface area contributed by atoms with E-state index in [0.29, 0.717) is 0 Å². The topological polar surface area (TPSA) is 61.5 Å². The van der Waals surface area contributed by atoms with Crippen molar-refractivity contribution in [3.05, 3.63) is 71.8 Å². The van der Waals surface area contributed by atoms with Crippen LogP contribution in [0.25, 0.3) is 0 Å². The van der Waals surface area contributed by atoms with E-state index in [0.717, 1.165) is 11.1 Å². The molecule has 1 atom stereocenters. The van der Waals surface area contributed by atoms with Gasteiger partial charge < -0.3 is 14.8 Å². The molecule has 0 heterocycles. The molecule has 22 heavy (non-hydrogen) atoms. The van der Waals surface area contributed by atoms with Crippen LogP contribution in [0.5, 0.6) is 0 Å². The molecule has 0 saturated carbocycles. The van der Waals surface area contributed by atoms with E-state index >= 15 is 0 Å². The van der Waals surface area contributed by atoms with Gasteiger partial charge in [0.05, 0.1) is 5.66 Å². The third-order valence-corrected chi connectivity index (χ3v) is 6.20. The summed E-state index contributed by atoms with van der Waals surface area (Å²) in [5.74, 6) is -0.155. The average molecular weight is 319 g/mol. The molecule has 2 aromatic carbocycles. The van der Waals surface area contributed by atoms with Gasteiger partial charge in [-0.05, 0) is 11.1 Å². The lowest BCUT2D eigenvalue weighted by Gasteiger charge is -2.31. The van der Waals surface area contributed by atoms with Crippen molar-refractivity contribution in [1.82, 2.24) is 0 Å². The van der Waals surface area contributed by atoms with E-state index in [2.05, 4.69) is 0 Å². The first-order valence-corrected chi connectivity index (χ1v) is 8.78. The van der Waals surface area contributed by atoms with Gasteiger partial charge in [0, 0.05) is 26.7 Å². The molecule has 2 N–H and O–H groups in total. The first-order chi connectivity index (χ1) is 10.7. The summed E-state index contributed by atoms with van der Waals surface area (Å²) in [6.07, 6.45) is 0. The third kappa shape index (κ3) is 3.47. The minimum atomic E-state index is -3.30. The van der Waals surface area contributed by atoms with Crippen LogP contribution in [0.2, 0.25) is 0 Å². The van der Waals surface area contributed by atoms with Crippen molar-refractivity contribution in [2.24, 2.45) is 5.73 Å². The lowest BCUT2D eigenvalue weighted by molar-refractivity contribution is 0.263. The standard InChI is InChI=1S/C17H22NO3P/c1-20-22(19,21-2)16(13-18)17(14-9-5-3-6-10-14)15-11-7-4-8-12-15/h3-12,16-17H,13,18H2,1-2H3/t16-/m0/s1. The minimum Gasteiger partial charge on any atom is -0.330 e. The molecule has 0 amide bonds. The zero-order chi connectivity index (χ0) is 16.0. The number of hydrogen-bond donors (Lipinski definition) is 1. The highest BCUT2D eigenvalue weighted by molar-refractivity contribution is 7.54. The Morgan fingerprint density at radius 2 is 1.32 bits per heavy atom. The molecule has 0 aliphatic heterocycles. The van der Waals surface area contributed by atoms with Gasteiger partial charge in [0.1, 0.15) is 0 Å². The molecule has 0 bridgehead atoms. The second-order valence-electron chi connectivity index (χ2n) is 5.01. The normalized spacial score (nSPS) is 13.3. The minimum absolute atomic E-state index is 0.155. The Morgan fingerprint density at radius 1 is 0.909 bits per heavy atom. The molecule has 118 valence electrons. The molecule has 4 nitrogen and oxygen atoms in total. The second-order valence-corrected chi connectivity index (χ2v) is 7.48. The Bertz CT molecular complexity index is 571. The molecular weight excluding hydrogens is 297 g/mol. The molecule has 0 aliphatic carbocycles. The molecule has 0 radical (unpaired) electrons. The maximum atomic E-state index is 12.9. The van der Waals surface area contributed by atoms with Gasteiger partial charge in [0.15, 0.2) is 0 Å². The van der Waals surface area contributed by atoms with Gasteiger partial charge in [0.25, 0.3) is 0 Å². The van der Waals surface area contributed by atoms with Gasteiger partial charge in [-0.15, -0.1) is 0 Å². The number of hydrogen-bond acceptors (Lipinski definition) is 4. The summed E-state index contributed by atoms with van der Waals surface area (Å²) in [7, 11) is -0.498. The number of benzene rings is 2. The number of rotatable bonds is 7. The summed E-state index contributed by atoms with van der Waals surface area (Å²) in [6.45, 7) is 0.202. The maximum absolute atomic E-state index is 12.9. The van der Waals surface area contributed by atoms with Gasteiger partial charge in [-0.1, -0.05) is 60.7 Å². The highest BCUT2D eigenvalue weighted by atomic mass is 31.2. The van der Waals surface area contributed by atoms with Crippen molar-refractivity contribution >= 4 is 7.60 Å². The molecule has 2 rings (SSSR count). The molecule has 0 aliphatic rings. The smallest absolute Gasteiger partial charge is 0.330 e. The first-order valence-electron chi connectivity index (χ1n) is 7.17. The van der Waals surface area contributed by atoms with Crippen LogP contribution in [0.15, 0.2) is 60.7 Å². The fourth-order valence-electron chi connectivity index (χ4n) is 2.75. The fraction of sp³-hybridized carbons (Fsp3) is 0.294. The summed E-state index contributed by atoms with van der Waals surface area (Å²) in [6, 6.07) is 19.8. The molecule has 0 unspecified atom stereocenters. The summed E-state index contributed by atoms with van der Waals surface area (Å²) in [5.41, 5.74) is 7.58. The van der Waals surface area contributed by atoms with Crippen molar-refractivity contribution in [3.63, 3.8) is 0 Å². The van der Waals surface area contributed by atoms with E-state index in [1.807, 2.05) is 60.7 Å². The highest BCUT2D eigenvalue weighted by Crippen LogP contribution is 2.57. The van der Waals surface area contributed by atoms with Crippen molar-refractivity contribution < 1.29 is 13.6 Å². The lowest BCUT2D eigenvalue weighted by atomic mass is 9.88. The van der Waals surface area contributed by atoms with Crippen LogP contribution < -0.4 is 5.73 Å². The molecule has 5 heteroatoms. The highest BCUT2D eigenvalue weighted by Gasteiger charge is 2.40. The predicted octanol–water partition coefficient (Wildman–Crippen LogP) is 3.63. The molecule has 0 aromatic heterocycles. The van der Waals surface area contributed by atoms with Gasteiger partial charge in [0.2, 0.25) is 0 Å². The molecule has 0 fully saturated rings. The lowest BCUT2D eigenvalue weighted by Crippen LogP contribution is -2.29. The van der Waals surface area contributed by atoms with Crippen LogP contribution in [0.3, 0.4) is 0 Å². The quantitative estimate of drug-likeness (QED) is 0.792. The summed E-state index contributed by atoms with van der Waals surface area (Å²) >= 11 is 0. The van der Waals surface area contributed by atoms with E-state index in [1.165, 1.54) is 14.2 Å². The Labute approximate surface area is 131 Å². The van der Waals surface area contributed by atoms with Crippen molar-refractivity contribution in [3.8, 4) is 0 Å². The number of nitrogens with two attached hydrogens (primary N) is 1. The average Bonchev–Trinajstić information content (AvgIpc) is 2.60. The fourth-order valence-corrected chi connectivity index (χ4v) is 4.41. The zero-order valence-electron chi connectivity index (χ0n) is 12.9. The van der Waals surface area contributed by atoms with Crippen LogP contribution >= 0.6 is 7.60 Å². The Morgan fingerprint density at radius 3 is 1.64 bits per heavy atom. The van der Waals surface area contributed by atoms with Crippen LogP contribution in [0.1, 0.15) is 17.0 Å². The van der Waals surface area contributed by atoms with E-state index in [4.69, 9.17) is 14.8 Å². The largest absolute Gasteiger partial charge is 0.335 e. The maximum Gasteiger partial charge on any atom is 0.335 e. The molecule has 2 aromatic rings. The summed E-state index contributed by atoms with van der Waals surface area (Å²) in [4.78, 5) is 0. The van der Waals surface area contributed by atoms with Crippen molar-refractivity contribution in [2.45, 2.75) is 11.6 Å². The second kappa shape index (κ2) is 7.70. The van der Waals surface area contributed by atoms with Gasteiger partial charge in [-0.2, -0.15) is 0 Å². The zero-order valence-corrected chi connectivity index (χ0v) is 13.8. The van der Waals surface area contributed by atoms with E-state index in [1.54, 1.807) is 0 Å². The van der Waals surface area contributed by atoms with Gasteiger partial charge >= 0.3 is 7.60 Å². The van der Waals surface area contributed by atoms with Crippen LogP contribution in [0, 0.1) is 0 Å². The summed E-state index contributed by atoms with van der Waals surface area (Å²) < 4.78 is 23.4. The van der Waals surface area contributed by atoms with Crippen LogP contribution in [-0.4, -0.2) is 26.4 Å². The summed E-state index contributed by atoms with van der Waals surface area (Å²) in [5, 5.41) is 0. The van der Waals surface area contributed by atoms with E-state index < -0.39 is 13.3 Å². The molecular formula is C17H22NO3P.